The summed E-state index contributed by atoms with van der Waals surface area (Å²) in [4.78, 5) is 11.3. The zero-order chi connectivity index (χ0) is 22.1. The van der Waals surface area contributed by atoms with Crippen molar-refractivity contribution in [3.05, 3.63) is 46.9 Å². The summed E-state index contributed by atoms with van der Waals surface area (Å²) in [7, 11) is 3.23. The van der Waals surface area contributed by atoms with Crippen molar-refractivity contribution in [3.8, 4) is 17.3 Å². The van der Waals surface area contributed by atoms with Gasteiger partial charge in [0.1, 0.15) is 0 Å². The number of ether oxygens (including phenoxy) is 2. The van der Waals surface area contributed by atoms with E-state index in [1.165, 1.54) is 0 Å². The molecule has 1 aromatic carbocycles. The van der Waals surface area contributed by atoms with Crippen molar-refractivity contribution in [1.82, 2.24) is 24.6 Å². The molecule has 1 aliphatic heterocycles. The average molecular weight is 425 g/mol. The Morgan fingerprint density at radius 2 is 1.90 bits per heavy atom. The van der Waals surface area contributed by atoms with E-state index in [1.54, 1.807) is 25.1 Å². The summed E-state index contributed by atoms with van der Waals surface area (Å²) < 4.78 is 12.6. The van der Waals surface area contributed by atoms with Gasteiger partial charge in [-0.2, -0.15) is 10.1 Å². The number of rotatable bonds is 7. The molecule has 0 bridgehead atoms. The predicted octanol–water partition coefficient (Wildman–Crippen LogP) is 2.52. The molecule has 2 N–H and O–H groups in total. The van der Waals surface area contributed by atoms with Crippen LogP contribution in [-0.4, -0.2) is 63.2 Å². The first-order valence-electron chi connectivity index (χ1n) is 10.2. The molecule has 3 aromatic rings. The number of anilines is 2. The van der Waals surface area contributed by atoms with Crippen molar-refractivity contribution in [2.75, 3.05) is 32.6 Å². The van der Waals surface area contributed by atoms with Crippen molar-refractivity contribution < 1.29 is 14.6 Å². The Hall–Kier alpha value is -3.17. The van der Waals surface area contributed by atoms with Crippen LogP contribution in [0.15, 0.2) is 24.5 Å². The van der Waals surface area contributed by atoms with Crippen molar-refractivity contribution in [3.63, 3.8) is 0 Å². The number of β-amino-alcohol motifs (C(OH)–C–C–N with tert-alkyl or cyclic N) is 1. The van der Waals surface area contributed by atoms with Crippen molar-refractivity contribution >= 4 is 11.6 Å². The van der Waals surface area contributed by atoms with Gasteiger partial charge in [-0.1, -0.05) is 0 Å². The number of likely N-dealkylation sites (tertiary alicyclic amines) is 1. The normalized spacial score (nSPS) is 14.4. The van der Waals surface area contributed by atoms with Gasteiger partial charge in [0, 0.05) is 54.9 Å². The maximum Gasteiger partial charge on any atom is 0.229 e. The standard InChI is InChI=1S/C22H28N6O3/c1-13-6-17(7-19(30-4)20(13)31-5)24-22-23-8-14(2)21(25-22)28-10-16(15(3)26-28)9-27-11-18(29)12-27/h6-8,10,18,29H,9,11-12H2,1-5H3,(H,23,24,25). The minimum atomic E-state index is -0.215. The van der Waals surface area contributed by atoms with Gasteiger partial charge >= 0.3 is 0 Å². The molecule has 164 valence electrons. The number of aliphatic hydroxyl groups excluding tert-OH is 1. The quantitative estimate of drug-likeness (QED) is 0.597. The Labute approximate surface area is 181 Å². The largest absolute Gasteiger partial charge is 0.493 e. The van der Waals surface area contributed by atoms with E-state index >= 15 is 0 Å². The van der Waals surface area contributed by atoms with Gasteiger partial charge in [-0.15, -0.1) is 0 Å². The fourth-order valence-corrected chi connectivity index (χ4v) is 3.75. The van der Waals surface area contributed by atoms with Crippen LogP contribution in [0.3, 0.4) is 0 Å². The third-order valence-electron chi connectivity index (χ3n) is 5.42. The molecule has 0 aliphatic carbocycles. The molecule has 3 heterocycles. The number of hydrogen-bond donors (Lipinski definition) is 2. The Balaban J connectivity index is 1.59. The first kappa shape index (κ1) is 21.1. The molecule has 0 unspecified atom stereocenters. The fourth-order valence-electron chi connectivity index (χ4n) is 3.75. The molecule has 0 spiro atoms. The molecular formula is C22H28N6O3. The molecule has 0 atom stereocenters. The number of nitrogens with zero attached hydrogens (tertiary/aromatic N) is 5. The highest BCUT2D eigenvalue weighted by molar-refractivity contribution is 5.63. The molecule has 9 nitrogen and oxygen atoms in total. The lowest BCUT2D eigenvalue weighted by atomic mass is 10.1. The fraction of sp³-hybridized carbons (Fsp3) is 0.409. The molecule has 9 heteroatoms. The summed E-state index contributed by atoms with van der Waals surface area (Å²) >= 11 is 0. The maximum absolute atomic E-state index is 9.52. The van der Waals surface area contributed by atoms with E-state index in [0.717, 1.165) is 34.6 Å². The highest BCUT2D eigenvalue weighted by Gasteiger charge is 2.25. The first-order chi connectivity index (χ1) is 14.9. The predicted molar refractivity (Wildman–Crippen MR) is 117 cm³/mol. The van der Waals surface area contributed by atoms with Gasteiger partial charge < -0.3 is 19.9 Å². The van der Waals surface area contributed by atoms with Crippen LogP contribution in [0.4, 0.5) is 11.6 Å². The van der Waals surface area contributed by atoms with Crippen LogP contribution in [-0.2, 0) is 6.54 Å². The molecule has 4 rings (SSSR count). The number of methoxy groups -OCH3 is 2. The van der Waals surface area contributed by atoms with E-state index in [0.29, 0.717) is 36.4 Å². The third-order valence-corrected chi connectivity index (χ3v) is 5.42. The van der Waals surface area contributed by atoms with Crippen molar-refractivity contribution in [2.24, 2.45) is 0 Å². The minimum absolute atomic E-state index is 0.215. The van der Waals surface area contributed by atoms with E-state index in [4.69, 9.17) is 14.5 Å². The lowest BCUT2D eigenvalue weighted by Gasteiger charge is -2.35. The lowest BCUT2D eigenvalue weighted by molar-refractivity contribution is -0.00297. The third kappa shape index (κ3) is 4.33. The van der Waals surface area contributed by atoms with Crippen LogP contribution >= 0.6 is 0 Å². The van der Waals surface area contributed by atoms with Gasteiger partial charge in [0.2, 0.25) is 5.95 Å². The minimum Gasteiger partial charge on any atom is -0.493 e. The van der Waals surface area contributed by atoms with Gasteiger partial charge in [-0.25, -0.2) is 9.67 Å². The Morgan fingerprint density at radius 3 is 2.58 bits per heavy atom. The number of nitrogens with one attached hydrogen (secondary N) is 1. The Morgan fingerprint density at radius 1 is 1.13 bits per heavy atom. The van der Waals surface area contributed by atoms with Gasteiger partial charge in [-0.3, -0.25) is 4.90 Å². The summed E-state index contributed by atoms with van der Waals surface area (Å²) in [5, 5.41) is 17.4. The summed E-state index contributed by atoms with van der Waals surface area (Å²) in [6, 6.07) is 3.81. The number of aliphatic hydroxyl groups is 1. The first-order valence-corrected chi connectivity index (χ1v) is 10.2. The average Bonchev–Trinajstić information content (AvgIpc) is 3.08. The zero-order valence-electron chi connectivity index (χ0n) is 18.5. The molecule has 1 saturated heterocycles. The molecule has 1 fully saturated rings. The van der Waals surface area contributed by atoms with Gasteiger partial charge in [0.05, 0.1) is 26.0 Å². The van der Waals surface area contributed by atoms with E-state index < -0.39 is 0 Å². The number of hydrogen-bond acceptors (Lipinski definition) is 8. The van der Waals surface area contributed by atoms with E-state index in [-0.39, 0.29) is 6.10 Å². The Kier molecular flexibility index (Phi) is 5.79. The SMILES string of the molecule is COc1cc(Nc2ncc(C)c(-n3cc(CN4CC(O)C4)c(C)n3)n2)cc(C)c1OC. The van der Waals surface area contributed by atoms with E-state index in [9.17, 15) is 5.11 Å². The maximum atomic E-state index is 9.52. The lowest BCUT2D eigenvalue weighted by Crippen LogP contribution is -2.49. The highest BCUT2D eigenvalue weighted by atomic mass is 16.5. The van der Waals surface area contributed by atoms with Crippen LogP contribution < -0.4 is 14.8 Å². The molecular weight excluding hydrogens is 396 g/mol. The summed E-state index contributed by atoms with van der Waals surface area (Å²) in [5.41, 5.74) is 4.74. The zero-order valence-corrected chi connectivity index (χ0v) is 18.5. The monoisotopic (exact) mass is 424 g/mol. The van der Waals surface area contributed by atoms with Crippen molar-refractivity contribution in [1.29, 1.82) is 0 Å². The molecule has 0 radical (unpaired) electrons. The van der Waals surface area contributed by atoms with Crippen LogP contribution in [0, 0.1) is 20.8 Å². The molecule has 1 aliphatic rings. The topological polar surface area (TPSA) is 97.6 Å². The molecule has 0 amide bonds. The smallest absolute Gasteiger partial charge is 0.229 e. The highest BCUT2D eigenvalue weighted by Crippen LogP contribution is 2.34. The molecule has 2 aromatic heterocycles. The summed E-state index contributed by atoms with van der Waals surface area (Å²) in [6.07, 6.45) is 3.56. The summed E-state index contributed by atoms with van der Waals surface area (Å²) in [6.45, 7) is 8.08. The van der Waals surface area contributed by atoms with Crippen LogP contribution in [0.1, 0.15) is 22.4 Å². The second-order valence-electron chi connectivity index (χ2n) is 7.89. The van der Waals surface area contributed by atoms with Crippen LogP contribution in [0.25, 0.3) is 5.82 Å². The summed E-state index contributed by atoms with van der Waals surface area (Å²) in [5.74, 6) is 2.52. The van der Waals surface area contributed by atoms with Crippen LogP contribution in [0.2, 0.25) is 0 Å². The molecule has 0 saturated carbocycles. The van der Waals surface area contributed by atoms with Gasteiger partial charge in [0.25, 0.3) is 0 Å². The van der Waals surface area contributed by atoms with Gasteiger partial charge in [-0.05, 0) is 32.4 Å². The number of aryl methyl sites for hydroxylation is 3. The van der Waals surface area contributed by atoms with E-state index in [1.807, 2.05) is 39.1 Å². The second-order valence-corrected chi connectivity index (χ2v) is 7.89. The Bertz CT molecular complexity index is 1090. The second kappa shape index (κ2) is 8.52. The number of benzene rings is 1. The van der Waals surface area contributed by atoms with Crippen molar-refractivity contribution in [2.45, 2.75) is 33.4 Å². The number of aromatic nitrogens is 4. The van der Waals surface area contributed by atoms with Gasteiger partial charge in [0.15, 0.2) is 17.3 Å². The molecule has 31 heavy (non-hydrogen) atoms. The van der Waals surface area contributed by atoms with Crippen LogP contribution in [0.5, 0.6) is 11.5 Å². The van der Waals surface area contributed by atoms with E-state index in [2.05, 4.69) is 20.3 Å².